The van der Waals surface area contributed by atoms with E-state index in [0.717, 1.165) is 17.0 Å². The lowest BCUT2D eigenvalue weighted by molar-refractivity contribution is 0.0977. The van der Waals surface area contributed by atoms with Crippen LogP contribution >= 0.6 is 0 Å². The van der Waals surface area contributed by atoms with Gasteiger partial charge in [-0.15, -0.1) is 0 Å². The van der Waals surface area contributed by atoms with E-state index < -0.39 is 11.7 Å². The Hall–Kier alpha value is -3.74. The number of carbonyl (C=O) groups excluding carboxylic acids is 1. The van der Waals surface area contributed by atoms with E-state index >= 15 is 0 Å². The number of hydrogen-bond donors (Lipinski definition) is 2. The Bertz CT molecular complexity index is 958. The molecule has 148 valence electrons. The number of ether oxygens (including phenoxy) is 1. The molecule has 2 aromatic carbocycles. The van der Waals surface area contributed by atoms with Gasteiger partial charge in [0, 0.05) is 23.6 Å². The number of rotatable bonds is 6. The first kappa shape index (κ1) is 20.0. The molecule has 0 aliphatic heterocycles. The fraction of sp³-hybridized carbons (Fsp3) is 0.136. The molecule has 29 heavy (non-hydrogen) atoms. The van der Waals surface area contributed by atoms with Crippen molar-refractivity contribution >= 4 is 17.6 Å². The molecular formula is C22H21FN4O2. The molecule has 0 atom stereocenters. The standard InChI is InChI=1S/C22H21FN4O2/c1-2-29-20-9-7-19(8-10-20)26-22(25-15-16-11-13-24-14-12-16)27-21(28)17-3-5-18(23)6-4-17/h3-14H,2,15H2,1H3,(H2,25,26,27,28). The summed E-state index contributed by atoms with van der Waals surface area (Å²) >= 11 is 0. The van der Waals surface area contributed by atoms with Crippen LogP contribution in [-0.2, 0) is 6.54 Å². The lowest BCUT2D eigenvalue weighted by Gasteiger charge is -2.13. The van der Waals surface area contributed by atoms with E-state index in [4.69, 9.17) is 4.74 Å². The third-order valence-corrected chi connectivity index (χ3v) is 3.94. The predicted molar refractivity (Wildman–Crippen MR) is 110 cm³/mol. The van der Waals surface area contributed by atoms with Crippen molar-refractivity contribution in [1.82, 2.24) is 10.3 Å². The van der Waals surface area contributed by atoms with Crippen molar-refractivity contribution in [2.24, 2.45) is 4.99 Å². The Kier molecular flexibility index (Phi) is 6.89. The third-order valence-electron chi connectivity index (χ3n) is 3.94. The van der Waals surface area contributed by atoms with Crippen molar-refractivity contribution in [1.29, 1.82) is 0 Å². The van der Waals surface area contributed by atoms with Crippen LogP contribution in [-0.4, -0.2) is 23.5 Å². The van der Waals surface area contributed by atoms with Gasteiger partial charge in [-0.1, -0.05) is 0 Å². The topological polar surface area (TPSA) is 75.6 Å². The first-order valence-corrected chi connectivity index (χ1v) is 9.14. The molecular weight excluding hydrogens is 371 g/mol. The maximum absolute atomic E-state index is 13.1. The van der Waals surface area contributed by atoms with Crippen LogP contribution in [0.25, 0.3) is 0 Å². The van der Waals surface area contributed by atoms with Gasteiger partial charge in [0.15, 0.2) is 0 Å². The van der Waals surface area contributed by atoms with Gasteiger partial charge in [0.1, 0.15) is 11.6 Å². The fourth-order valence-electron chi connectivity index (χ4n) is 2.49. The molecule has 6 nitrogen and oxygen atoms in total. The van der Waals surface area contributed by atoms with E-state index in [9.17, 15) is 9.18 Å². The van der Waals surface area contributed by atoms with Gasteiger partial charge >= 0.3 is 0 Å². The van der Waals surface area contributed by atoms with E-state index in [1.807, 2.05) is 43.3 Å². The summed E-state index contributed by atoms with van der Waals surface area (Å²) in [5, 5.41) is 5.85. The second-order valence-electron chi connectivity index (χ2n) is 6.06. The van der Waals surface area contributed by atoms with Gasteiger partial charge in [-0.3, -0.25) is 15.1 Å². The molecule has 0 fully saturated rings. The molecule has 0 saturated heterocycles. The van der Waals surface area contributed by atoms with Crippen molar-refractivity contribution < 1.29 is 13.9 Å². The SMILES string of the molecule is CCOc1ccc(NC(=NCc2ccncc2)NC(=O)c2ccc(F)cc2)cc1. The van der Waals surface area contributed by atoms with Gasteiger partial charge in [-0.2, -0.15) is 0 Å². The number of aromatic nitrogens is 1. The number of guanidine groups is 1. The summed E-state index contributed by atoms with van der Waals surface area (Å²) in [5.74, 6) is 0.238. The highest BCUT2D eigenvalue weighted by molar-refractivity contribution is 6.09. The first-order valence-electron chi connectivity index (χ1n) is 9.14. The van der Waals surface area contributed by atoms with Gasteiger partial charge in [0.25, 0.3) is 5.91 Å². The normalized spacial score (nSPS) is 11.0. The quantitative estimate of drug-likeness (QED) is 0.491. The number of pyridine rings is 1. The molecule has 7 heteroatoms. The van der Waals surface area contributed by atoms with Crippen LogP contribution < -0.4 is 15.4 Å². The number of benzene rings is 2. The van der Waals surface area contributed by atoms with Crippen LogP contribution in [0.3, 0.4) is 0 Å². The highest BCUT2D eigenvalue weighted by atomic mass is 19.1. The predicted octanol–water partition coefficient (Wildman–Crippen LogP) is 4.02. The maximum Gasteiger partial charge on any atom is 0.257 e. The largest absolute Gasteiger partial charge is 0.494 e. The zero-order valence-corrected chi connectivity index (χ0v) is 15.9. The minimum Gasteiger partial charge on any atom is -0.494 e. The summed E-state index contributed by atoms with van der Waals surface area (Å²) in [7, 11) is 0. The molecule has 1 heterocycles. The second-order valence-corrected chi connectivity index (χ2v) is 6.06. The molecule has 0 radical (unpaired) electrons. The number of amides is 1. The average molecular weight is 392 g/mol. The Morgan fingerprint density at radius 3 is 2.38 bits per heavy atom. The number of nitrogens with one attached hydrogen (secondary N) is 2. The van der Waals surface area contributed by atoms with E-state index in [-0.39, 0.29) is 5.96 Å². The number of nitrogens with zero attached hydrogens (tertiary/aromatic N) is 2. The van der Waals surface area contributed by atoms with Gasteiger partial charge < -0.3 is 10.1 Å². The Balaban J connectivity index is 1.76. The van der Waals surface area contributed by atoms with Crippen molar-refractivity contribution in [2.75, 3.05) is 11.9 Å². The highest BCUT2D eigenvalue weighted by Crippen LogP contribution is 2.15. The average Bonchev–Trinajstić information content (AvgIpc) is 2.75. The number of carbonyl (C=O) groups is 1. The van der Waals surface area contributed by atoms with Gasteiger partial charge in [-0.05, 0) is 73.2 Å². The molecule has 0 bridgehead atoms. The summed E-state index contributed by atoms with van der Waals surface area (Å²) in [4.78, 5) is 21.0. The zero-order chi connectivity index (χ0) is 20.5. The van der Waals surface area contributed by atoms with Crippen molar-refractivity contribution in [3.63, 3.8) is 0 Å². The first-order chi connectivity index (χ1) is 14.1. The van der Waals surface area contributed by atoms with Crippen LogP contribution in [0.15, 0.2) is 78.0 Å². The summed E-state index contributed by atoms with van der Waals surface area (Å²) in [6.07, 6.45) is 3.36. The van der Waals surface area contributed by atoms with E-state index in [1.54, 1.807) is 12.4 Å². The van der Waals surface area contributed by atoms with E-state index in [0.29, 0.717) is 18.7 Å². The molecule has 1 amide bonds. The number of anilines is 1. The smallest absolute Gasteiger partial charge is 0.257 e. The molecule has 0 unspecified atom stereocenters. The molecule has 3 aromatic rings. The monoisotopic (exact) mass is 392 g/mol. The summed E-state index contributed by atoms with van der Waals surface area (Å²) in [5.41, 5.74) is 2.01. The molecule has 0 aliphatic rings. The summed E-state index contributed by atoms with van der Waals surface area (Å²) in [6.45, 7) is 2.85. The number of halogens is 1. The Morgan fingerprint density at radius 1 is 1.03 bits per heavy atom. The van der Waals surface area contributed by atoms with E-state index in [2.05, 4.69) is 20.6 Å². The molecule has 0 aliphatic carbocycles. The maximum atomic E-state index is 13.1. The molecule has 2 N–H and O–H groups in total. The number of hydrogen-bond acceptors (Lipinski definition) is 4. The van der Waals surface area contributed by atoms with E-state index in [1.165, 1.54) is 24.3 Å². The van der Waals surface area contributed by atoms with Crippen LogP contribution in [0.5, 0.6) is 5.75 Å². The second kappa shape index (κ2) is 9.98. The highest BCUT2D eigenvalue weighted by Gasteiger charge is 2.10. The third kappa shape index (κ3) is 6.14. The van der Waals surface area contributed by atoms with Crippen LogP contribution in [0.4, 0.5) is 10.1 Å². The molecule has 0 spiro atoms. The zero-order valence-electron chi connectivity index (χ0n) is 15.9. The number of aliphatic imine (C=N–C) groups is 1. The van der Waals surface area contributed by atoms with Crippen LogP contribution in [0.2, 0.25) is 0 Å². The van der Waals surface area contributed by atoms with Crippen molar-refractivity contribution in [3.05, 3.63) is 90.0 Å². The minimum atomic E-state index is -0.402. The molecule has 3 rings (SSSR count). The summed E-state index contributed by atoms with van der Waals surface area (Å²) < 4.78 is 18.6. The minimum absolute atomic E-state index is 0.278. The van der Waals surface area contributed by atoms with Crippen LogP contribution in [0.1, 0.15) is 22.8 Å². The van der Waals surface area contributed by atoms with Crippen molar-refractivity contribution in [2.45, 2.75) is 13.5 Å². The Morgan fingerprint density at radius 2 is 1.72 bits per heavy atom. The van der Waals surface area contributed by atoms with Crippen molar-refractivity contribution in [3.8, 4) is 5.75 Å². The molecule has 0 saturated carbocycles. The Labute approximate surface area is 168 Å². The lowest BCUT2D eigenvalue weighted by atomic mass is 10.2. The van der Waals surface area contributed by atoms with Gasteiger partial charge in [-0.25, -0.2) is 9.38 Å². The van der Waals surface area contributed by atoms with Crippen LogP contribution in [0, 0.1) is 5.82 Å². The summed E-state index contributed by atoms with van der Waals surface area (Å²) in [6, 6.07) is 16.3. The van der Waals surface area contributed by atoms with Gasteiger partial charge in [0.05, 0.1) is 13.2 Å². The lowest BCUT2D eigenvalue weighted by Crippen LogP contribution is -2.36. The molecule has 1 aromatic heterocycles. The fourth-order valence-corrected chi connectivity index (χ4v) is 2.49. The van der Waals surface area contributed by atoms with Gasteiger partial charge in [0.2, 0.25) is 5.96 Å².